The molecule has 0 spiro atoms. The first kappa shape index (κ1) is 11.8. The van der Waals surface area contributed by atoms with Crippen molar-refractivity contribution in [2.75, 3.05) is 6.54 Å². The number of nitrogens with two attached hydrogens (primary N) is 1. The minimum absolute atomic E-state index is 0.262. The number of rotatable bonds is 1. The van der Waals surface area contributed by atoms with Crippen molar-refractivity contribution in [1.82, 2.24) is 4.90 Å². The normalized spacial score (nSPS) is 31.4. The van der Waals surface area contributed by atoms with Crippen molar-refractivity contribution in [3.8, 4) is 6.07 Å². The van der Waals surface area contributed by atoms with E-state index in [0.717, 1.165) is 17.1 Å². The lowest BCUT2D eigenvalue weighted by Crippen LogP contribution is -2.44. The molecule has 0 aromatic heterocycles. The summed E-state index contributed by atoms with van der Waals surface area (Å²) in [6.45, 7) is 5.50. The summed E-state index contributed by atoms with van der Waals surface area (Å²) in [4.78, 5) is 2.45. The van der Waals surface area contributed by atoms with Gasteiger partial charge in [0, 0.05) is 11.3 Å². The van der Waals surface area contributed by atoms with E-state index in [1.165, 1.54) is 19.3 Å². The van der Waals surface area contributed by atoms with Gasteiger partial charge in [0.1, 0.15) is 0 Å². The van der Waals surface area contributed by atoms with E-state index >= 15 is 0 Å². The quantitative estimate of drug-likeness (QED) is 0.758. The number of hydrogen-bond acceptors (Lipinski definition) is 4. The smallest absolute Gasteiger partial charge is 0.0991 e. The van der Waals surface area contributed by atoms with E-state index in [4.69, 9.17) is 5.73 Å². The second-order valence-electron chi connectivity index (χ2n) is 4.82. The number of nitriles is 1. The Morgan fingerprint density at radius 2 is 2.25 bits per heavy atom. The first-order chi connectivity index (χ1) is 7.65. The highest BCUT2D eigenvalue weighted by Crippen LogP contribution is 2.42. The van der Waals surface area contributed by atoms with Crippen LogP contribution in [0.2, 0.25) is 0 Å². The minimum atomic E-state index is 0.262. The molecule has 16 heavy (non-hydrogen) atoms. The molecule has 3 nitrogen and oxygen atoms in total. The molecule has 0 aromatic rings. The van der Waals surface area contributed by atoms with Gasteiger partial charge in [-0.1, -0.05) is 6.42 Å². The van der Waals surface area contributed by atoms with Gasteiger partial charge in [0.05, 0.1) is 22.7 Å². The van der Waals surface area contributed by atoms with Crippen LogP contribution in [0.4, 0.5) is 0 Å². The lowest BCUT2D eigenvalue weighted by Gasteiger charge is -2.33. The summed E-state index contributed by atoms with van der Waals surface area (Å²) in [6, 6.07) is 3.07. The van der Waals surface area contributed by atoms with Gasteiger partial charge in [-0.3, -0.25) is 4.90 Å². The summed E-state index contributed by atoms with van der Waals surface area (Å²) in [5.41, 5.74) is 6.77. The summed E-state index contributed by atoms with van der Waals surface area (Å²) in [5, 5.41) is 10.5. The fourth-order valence-electron chi connectivity index (χ4n) is 2.70. The lowest BCUT2D eigenvalue weighted by molar-refractivity contribution is 0.186. The number of thioether (sulfide) groups is 1. The van der Waals surface area contributed by atoms with E-state index in [1.807, 2.05) is 0 Å². The van der Waals surface area contributed by atoms with Gasteiger partial charge < -0.3 is 5.73 Å². The predicted octanol–water partition coefficient (Wildman–Crippen LogP) is 2.06. The van der Waals surface area contributed by atoms with Crippen molar-refractivity contribution in [2.45, 2.75) is 50.4 Å². The Bertz CT molecular complexity index is 343. The summed E-state index contributed by atoms with van der Waals surface area (Å²) in [6.07, 6.45) is 3.68. The van der Waals surface area contributed by atoms with Gasteiger partial charge in [0.25, 0.3) is 0 Å². The average Bonchev–Trinajstić information content (AvgIpc) is 2.43. The van der Waals surface area contributed by atoms with Gasteiger partial charge in [-0.25, -0.2) is 0 Å². The van der Waals surface area contributed by atoms with E-state index in [-0.39, 0.29) is 6.04 Å². The Morgan fingerprint density at radius 1 is 1.50 bits per heavy atom. The van der Waals surface area contributed by atoms with Gasteiger partial charge in [-0.2, -0.15) is 5.26 Å². The van der Waals surface area contributed by atoms with Crippen molar-refractivity contribution in [3.05, 3.63) is 10.6 Å². The molecule has 2 N–H and O–H groups in total. The highest BCUT2D eigenvalue weighted by molar-refractivity contribution is 8.04. The molecule has 1 fully saturated rings. The molecule has 0 aromatic carbocycles. The van der Waals surface area contributed by atoms with Crippen LogP contribution in [0, 0.1) is 11.3 Å². The highest BCUT2D eigenvalue weighted by atomic mass is 32.2. The molecule has 0 saturated carbocycles. The van der Waals surface area contributed by atoms with Gasteiger partial charge in [0.2, 0.25) is 0 Å². The molecule has 2 heterocycles. The van der Waals surface area contributed by atoms with Crippen LogP contribution in [0.3, 0.4) is 0 Å². The van der Waals surface area contributed by atoms with Crippen LogP contribution < -0.4 is 5.73 Å². The van der Waals surface area contributed by atoms with Crippen molar-refractivity contribution in [1.29, 1.82) is 5.26 Å². The first-order valence-corrected chi connectivity index (χ1v) is 6.85. The molecule has 1 saturated heterocycles. The molecule has 0 amide bonds. The standard InChI is InChI=1S/C12H19N3S/c1-8(2)15-6-4-3-5-10-11(15)9(7-13)12(14)16-10/h8,10-11H,3-6,14H2,1-2H3. The summed E-state index contributed by atoms with van der Waals surface area (Å²) in [5.74, 6) is 0. The monoisotopic (exact) mass is 237 g/mol. The van der Waals surface area contributed by atoms with Gasteiger partial charge in [-0.05, 0) is 33.2 Å². The molecule has 2 aliphatic heterocycles. The lowest BCUT2D eigenvalue weighted by atomic mass is 10.0. The number of hydrogen-bond donors (Lipinski definition) is 1. The Morgan fingerprint density at radius 3 is 2.88 bits per heavy atom. The van der Waals surface area contributed by atoms with Crippen molar-refractivity contribution in [3.63, 3.8) is 0 Å². The van der Waals surface area contributed by atoms with E-state index in [2.05, 4.69) is 24.8 Å². The van der Waals surface area contributed by atoms with Gasteiger partial charge >= 0.3 is 0 Å². The van der Waals surface area contributed by atoms with Crippen molar-refractivity contribution in [2.24, 2.45) is 5.73 Å². The Labute approximate surface area is 102 Å². The van der Waals surface area contributed by atoms with Crippen LogP contribution in [0.15, 0.2) is 10.6 Å². The summed E-state index contributed by atoms with van der Waals surface area (Å²) < 4.78 is 0. The zero-order valence-corrected chi connectivity index (χ0v) is 10.8. The Balaban J connectivity index is 2.31. The maximum absolute atomic E-state index is 9.24. The molecule has 0 bridgehead atoms. The third-order valence-corrected chi connectivity index (χ3v) is 4.76. The van der Waals surface area contributed by atoms with Gasteiger partial charge in [-0.15, -0.1) is 11.8 Å². The predicted molar refractivity (Wildman–Crippen MR) is 67.7 cm³/mol. The molecular weight excluding hydrogens is 218 g/mol. The maximum atomic E-state index is 9.24. The fourth-order valence-corrected chi connectivity index (χ4v) is 4.02. The van der Waals surface area contributed by atoms with Crippen LogP contribution in [0.1, 0.15) is 33.1 Å². The van der Waals surface area contributed by atoms with E-state index in [1.54, 1.807) is 11.8 Å². The van der Waals surface area contributed by atoms with Crippen LogP contribution in [-0.2, 0) is 0 Å². The van der Waals surface area contributed by atoms with Crippen molar-refractivity contribution >= 4 is 11.8 Å². The number of likely N-dealkylation sites (tertiary alicyclic amines) is 1. The topological polar surface area (TPSA) is 53.0 Å². The largest absolute Gasteiger partial charge is 0.393 e. The maximum Gasteiger partial charge on any atom is 0.0991 e. The van der Waals surface area contributed by atoms with E-state index in [0.29, 0.717) is 11.3 Å². The highest BCUT2D eigenvalue weighted by Gasteiger charge is 2.40. The zero-order chi connectivity index (χ0) is 11.7. The SMILES string of the molecule is CC(C)N1CCCCC2SC(N)=C(C#N)C21. The molecule has 2 unspecified atom stereocenters. The van der Waals surface area contributed by atoms with Crippen LogP contribution in [-0.4, -0.2) is 28.8 Å². The summed E-state index contributed by atoms with van der Waals surface area (Å²) in [7, 11) is 0. The van der Waals surface area contributed by atoms with Crippen LogP contribution in [0.5, 0.6) is 0 Å². The van der Waals surface area contributed by atoms with E-state index in [9.17, 15) is 5.26 Å². The summed E-state index contributed by atoms with van der Waals surface area (Å²) >= 11 is 1.71. The van der Waals surface area contributed by atoms with Crippen LogP contribution in [0.25, 0.3) is 0 Å². The molecule has 0 aliphatic carbocycles. The second kappa shape index (κ2) is 4.68. The zero-order valence-electron chi connectivity index (χ0n) is 9.94. The fraction of sp³-hybridized carbons (Fsp3) is 0.750. The van der Waals surface area contributed by atoms with Gasteiger partial charge in [0.15, 0.2) is 0 Å². The first-order valence-electron chi connectivity index (χ1n) is 5.97. The third-order valence-electron chi connectivity index (χ3n) is 3.49. The molecule has 0 radical (unpaired) electrons. The second-order valence-corrected chi connectivity index (χ2v) is 6.10. The number of nitrogens with zero attached hydrogens (tertiary/aromatic N) is 2. The average molecular weight is 237 g/mol. The molecule has 4 heteroatoms. The molecule has 2 rings (SSSR count). The molecule has 2 atom stereocenters. The Hall–Kier alpha value is -0.660. The molecular formula is C12H19N3S. The molecule has 2 aliphatic rings. The Kier molecular flexibility index (Phi) is 3.46. The third kappa shape index (κ3) is 1.94. The van der Waals surface area contributed by atoms with E-state index < -0.39 is 0 Å². The van der Waals surface area contributed by atoms with Crippen LogP contribution >= 0.6 is 11.8 Å². The number of fused-ring (bicyclic) bond motifs is 1. The van der Waals surface area contributed by atoms with Crippen molar-refractivity contribution < 1.29 is 0 Å². The minimum Gasteiger partial charge on any atom is -0.393 e. The molecule has 88 valence electrons.